The highest BCUT2D eigenvalue weighted by atomic mass is 16.3. The average molecular weight is 236 g/mol. The summed E-state index contributed by atoms with van der Waals surface area (Å²) in [5, 5.41) is 10.3. The zero-order chi connectivity index (χ0) is 12.6. The molecular weight excluding hydrogens is 212 g/mol. The van der Waals surface area contributed by atoms with Crippen molar-refractivity contribution in [3.05, 3.63) is 11.6 Å². The maximum absolute atomic E-state index is 10.9. The predicted molar refractivity (Wildman–Crippen MR) is 68.5 cm³/mol. The Bertz CT molecular complexity index is 324. The Hall–Kier alpha value is -0.630. The normalized spacial score (nSPS) is 38.2. The molecule has 0 aromatic rings. The first-order valence-electron chi connectivity index (χ1n) is 6.81. The van der Waals surface area contributed by atoms with Gasteiger partial charge in [-0.05, 0) is 62.4 Å². The smallest absolute Gasteiger partial charge is 0.145 e. The zero-order valence-electron chi connectivity index (χ0n) is 11.1. The van der Waals surface area contributed by atoms with Crippen molar-refractivity contribution >= 4 is 6.29 Å². The van der Waals surface area contributed by atoms with E-state index >= 15 is 0 Å². The molecule has 96 valence electrons. The maximum atomic E-state index is 10.9. The Morgan fingerprint density at radius 3 is 2.65 bits per heavy atom. The van der Waals surface area contributed by atoms with E-state index in [2.05, 4.69) is 13.0 Å². The number of fused-ring (bicyclic) bond motifs is 1. The number of hydrogen-bond donors (Lipinski definition) is 1. The topological polar surface area (TPSA) is 37.3 Å². The summed E-state index contributed by atoms with van der Waals surface area (Å²) in [5.74, 6) is 2.08. The lowest BCUT2D eigenvalue weighted by atomic mass is 9.59. The largest absolute Gasteiger partial charge is 0.390 e. The van der Waals surface area contributed by atoms with Gasteiger partial charge in [0, 0.05) is 0 Å². The summed E-state index contributed by atoms with van der Waals surface area (Å²) in [6, 6.07) is 0. The minimum absolute atomic E-state index is 0.305. The molecule has 2 nitrogen and oxygen atoms in total. The number of allylic oxidation sites excluding steroid dienone is 2. The van der Waals surface area contributed by atoms with E-state index < -0.39 is 5.60 Å². The lowest BCUT2D eigenvalue weighted by Crippen LogP contribution is -2.44. The first-order chi connectivity index (χ1) is 7.93. The lowest BCUT2D eigenvalue weighted by molar-refractivity contribution is -0.105. The molecule has 2 aliphatic rings. The monoisotopic (exact) mass is 236 g/mol. The van der Waals surface area contributed by atoms with E-state index in [9.17, 15) is 9.90 Å². The van der Waals surface area contributed by atoms with Crippen molar-refractivity contribution in [2.75, 3.05) is 0 Å². The van der Waals surface area contributed by atoms with Gasteiger partial charge in [-0.3, -0.25) is 4.79 Å². The van der Waals surface area contributed by atoms with Crippen molar-refractivity contribution in [3.63, 3.8) is 0 Å². The van der Waals surface area contributed by atoms with Gasteiger partial charge in [-0.25, -0.2) is 0 Å². The number of hydrogen-bond acceptors (Lipinski definition) is 2. The molecule has 0 heterocycles. The third-order valence-electron chi connectivity index (χ3n) is 4.85. The zero-order valence-corrected chi connectivity index (χ0v) is 11.1. The molecule has 0 aromatic heterocycles. The van der Waals surface area contributed by atoms with Gasteiger partial charge in [-0.15, -0.1) is 0 Å². The Morgan fingerprint density at radius 2 is 2.06 bits per heavy atom. The molecule has 17 heavy (non-hydrogen) atoms. The summed E-state index contributed by atoms with van der Waals surface area (Å²) in [4.78, 5) is 10.9. The molecule has 1 fully saturated rings. The van der Waals surface area contributed by atoms with Crippen LogP contribution in [0.5, 0.6) is 0 Å². The van der Waals surface area contributed by atoms with Crippen LogP contribution in [0.4, 0.5) is 0 Å². The van der Waals surface area contributed by atoms with Gasteiger partial charge in [-0.1, -0.05) is 19.4 Å². The third kappa shape index (κ3) is 2.47. The van der Waals surface area contributed by atoms with Crippen LogP contribution in [-0.2, 0) is 4.79 Å². The molecule has 2 rings (SSSR count). The van der Waals surface area contributed by atoms with E-state index in [0.29, 0.717) is 17.8 Å². The fourth-order valence-electron chi connectivity index (χ4n) is 3.83. The molecule has 0 aliphatic heterocycles. The van der Waals surface area contributed by atoms with Crippen LogP contribution in [-0.4, -0.2) is 17.0 Å². The summed E-state index contributed by atoms with van der Waals surface area (Å²) in [6.45, 7) is 6.14. The van der Waals surface area contributed by atoms with Gasteiger partial charge in [0.2, 0.25) is 0 Å². The highest BCUT2D eigenvalue weighted by Crippen LogP contribution is 2.48. The van der Waals surface area contributed by atoms with E-state index in [4.69, 9.17) is 0 Å². The van der Waals surface area contributed by atoms with Crippen molar-refractivity contribution in [1.29, 1.82) is 0 Å². The van der Waals surface area contributed by atoms with Crippen LogP contribution in [0.15, 0.2) is 11.6 Å². The maximum Gasteiger partial charge on any atom is 0.145 e. The van der Waals surface area contributed by atoms with E-state index in [1.165, 1.54) is 6.42 Å². The quantitative estimate of drug-likeness (QED) is 0.748. The van der Waals surface area contributed by atoms with Gasteiger partial charge >= 0.3 is 0 Å². The Balaban J connectivity index is 2.28. The molecule has 0 aromatic carbocycles. The van der Waals surface area contributed by atoms with Crippen molar-refractivity contribution in [3.8, 4) is 0 Å². The van der Waals surface area contributed by atoms with Crippen LogP contribution in [0.1, 0.15) is 46.5 Å². The van der Waals surface area contributed by atoms with Crippen LogP contribution < -0.4 is 0 Å². The fourth-order valence-corrected chi connectivity index (χ4v) is 3.83. The minimum atomic E-state index is -0.634. The van der Waals surface area contributed by atoms with Crippen molar-refractivity contribution in [1.82, 2.24) is 0 Å². The fraction of sp³-hybridized carbons (Fsp3) is 0.800. The molecule has 1 N–H and O–H groups in total. The van der Waals surface area contributed by atoms with Crippen LogP contribution in [0.3, 0.4) is 0 Å². The van der Waals surface area contributed by atoms with E-state index in [-0.39, 0.29) is 0 Å². The summed E-state index contributed by atoms with van der Waals surface area (Å²) in [7, 11) is 0. The van der Waals surface area contributed by atoms with Gasteiger partial charge in [-0.2, -0.15) is 0 Å². The summed E-state index contributed by atoms with van der Waals surface area (Å²) < 4.78 is 0. The number of aliphatic hydroxyl groups is 1. The molecular formula is C15H24O2. The van der Waals surface area contributed by atoms with Crippen LogP contribution in [0.25, 0.3) is 0 Å². The molecule has 2 heteroatoms. The SMILES string of the molecule is C[C@@H]1CC[C@@H](C(C)(C)O)[C@H]2C=C(C=O)CC[C@H]21. The summed E-state index contributed by atoms with van der Waals surface area (Å²) in [6.07, 6.45) is 7.47. The molecule has 0 radical (unpaired) electrons. The average Bonchev–Trinajstić information content (AvgIpc) is 2.27. The van der Waals surface area contributed by atoms with E-state index in [0.717, 1.165) is 37.0 Å². The van der Waals surface area contributed by atoms with E-state index in [1.807, 2.05) is 13.8 Å². The predicted octanol–water partition coefficient (Wildman–Crippen LogP) is 2.95. The number of rotatable bonds is 2. The first-order valence-corrected chi connectivity index (χ1v) is 6.81. The highest BCUT2D eigenvalue weighted by Gasteiger charge is 2.43. The van der Waals surface area contributed by atoms with Crippen molar-refractivity contribution in [2.45, 2.75) is 52.1 Å². The minimum Gasteiger partial charge on any atom is -0.390 e. The summed E-state index contributed by atoms with van der Waals surface area (Å²) >= 11 is 0. The van der Waals surface area contributed by atoms with Gasteiger partial charge < -0.3 is 5.11 Å². The van der Waals surface area contributed by atoms with Crippen LogP contribution >= 0.6 is 0 Å². The second-order valence-electron chi connectivity index (χ2n) is 6.45. The van der Waals surface area contributed by atoms with E-state index in [1.54, 1.807) is 0 Å². The standard InChI is InChI=1S/C15H24O2/c1-10-4-7-14(15(2,3)17)13-8-11(9-16)5-6-12(10)13/h8-10,12-14,17H,4-7H2,1-3H3/t10-,12+,13+,14-/m1/s1. The second kappa shape index (κ2) is 4.56. The molecule has 1 saturated carbocycles. The molecule has 2 aliphatic carbocycles. The van der Waals surface area contributed by atoms with Gasteiger partial charge in [0.15, 0.2) is 0 Å². The Labute approximate surface area is 104 Å². The number of carbonyl (C=O) groups is 1. The van der Waals surface area contributed by atoms with Crippen LogP contribution in [0.2, 0.25) is 0 Å². The Morgan fingerprint density at radius 1 is 1.35 bits per heavy atom. The van der Waals surface area contributed by atoms with Gasteiger partial charge in [0.05, 0.1) is 5.60 Å². The van der Waals surface area contributed by atoms with Crippen molar-refractivity contribution < 1.29 is 9.90 Å². The molecule has 4 atom stereocenters. The molecule has 0 saturated heterocycles. The third-order valence-corrected chi connectivity index (χ3v) is 4.85. The number of carbonyl (C=O) groups excluding carboxylic acids is 1. The van der Waals surface area contributed by atoms with Crippen LogP contribution in [0, 0.1) is 23.7 Å². The molecule has 0 unspecified atom stereocenters. The number of aldehydes is 1. The highest BCUT2D eigenvalue weighted by molar-refractivity contribution is 5.73. The van der Waals surface area contributed by atoms with Gasteiger partial charge in [0.25, 0.3) is 0 Å². The summed E-state index contributed by atoms with van der Waals surface area (Å²) in [5.41, 5.74) is 0.305. The Kier molecular flexibility index (Phi) is 3.44. The first kappa shape index (κ1) is 12.8. The second-order valence-corrected chi connectivity index (χ2v) is 6.45. The van der Waals surface area contributed by atoms with Gasteiger partial charge in [0.1, 0.15) is 6.29 Å². The van der Waals surface area contributed by atoms with Crippen molar-refractivity contribution in [2.24, 2.45) is 23.7 Å². The molecule has 0 amide bonds. The molecule has 0 spiro atoms. The lowest BCUT2D eigenvalue weighted by Gasteiger charge is -2.47. The molecule has 0 bridgehead atoms.